The standard InChI is InChI=1S/C12H22N6/c1-3-18(4-2)12-16-10(13)15-11(17-12)14-9-7-5-6-8-9/h9H,3-8H2,1-2H3,(H3,13,14,15,16,17). The second kappa shape index (κ2) is 5.84. The quantitative estimate of drug-likeness (QED) is 0.827. The molecule has 0 amide bonds. The van der Waals surface area contributed by atoms with Crippen molar-refractivity contribution in [1.82, 2.24) is 15.0 Å². The second-order valence-electron chi connectivity index (χ2n) is 4.62. The average Bonchev–Trinajstić information content (AvgIpc) is 2.83. The van der Waals surface area contributed by atoms with Crippen molar-refractivity contribution in [2.24, 2.45) is 0 Å². The number of hydrogen-bond acceptors (Lipinski definition) is 6. The van der Waals surface area contributed by atoms with Gasteiger partial charge in [-0.3, -0.25) is 0 Å². The van der Waals surface area contributed by atoms with Gasteiger partial charge in [-0.25, -0.2) is 0 Å². The first-order chi connectivity index (χ1) is 8.72. The zero-order valence-electron chi connectivity index (χ0n) is 11.2. The Balaban J connectivity index is 2.14. The number of hydrogen-bond donors (Lipinski definition) is 2. The Morgan fingerprint density at radius 2 is 1.83 bits per heavy atom. The Kier molecular flexibility index (Phi) is 4.17. The number of nitrogens with zero attached hydrogens (tertiary/aromatic N) is 4. The lowest BCUT2D eigenvalue weighted by molar-refractivity contribution is 0.738. The molecule has 1 heterocycles. The Hall–Kier alpha value is -1.59. The highest BCUT2D eigenvalue weighted by Gasteiger charge is 2.17. The minimum atomic E-state index is 0.285. The topological polar surface area (TPSA) is 80.0 Å². The summed E-state index contributed by atoms with van der Waals surface area (Å²) in [5.41, 5.74) is 5.75. The molecular weight excluding hydrogens is 228 g/mol. The van der Waals surface area contributed by atoms with Gasteiger partial charge in [-0.2, -0.15) is 15.0 Å². The monoisotopic (exact) mass is 250 g/mol. The van der Waals surface area contributed by atoms with Crippen LogP contribution < -0.4 is 16.0 Å². The van der Waals surface area contributed by atoms with E-state index in [4.69, 9.17) is 5.73 Å². The molecule has 0 aliphatic heterocycles. The van der Waals surface area contributed by atoms with Gasteiger partial charge >= 0.3 is 0 Å². The second-order valence-corrected chi connectivity index (χ2v) is 4.62. The third-order valence-electron chi connectivity index (χ3n) is 3.38. The highest BCUT2D eigenvalue weighted by atomic mass is 15.3. The Bertz CT molecular complexity index is 384. The fraction of sp³-hybridized carbons (Fsp3) is 0.750. The molecule has 18 heavy (non-hydrogen) atoms. The lowest BCUT2D eigenvalue weighted by Gasteiger charge is -2.20. The molecule has 0 radical (unpaired) electrons. The first kappa shape index (κ1) is 12.9. The van der Waals surface area contributed by atoms with Crippen molar-refractivity contribution in [3.8, 4) is 0 Å². The summed E-state index contributed by atoms with van der Waals surface area (Å²) < 4.78 is 0. The zero-order chi connectivity index (χ0) is 13.0. The van der Waals surface area contributed by atoms with Crippen molar-refractivity contribution in [2.75, 3.05) is 29.0 Å². The molecule has 6 heteroatoms. The number of nitrogens with one attached hydrogen (secondary N) is 1. The minimum Gasteiger partial charge on any atom is -0.368 e. The fourth-order valence-electron chi connectivity index (χ4n) is 2.35. The average molecular weight is 250 g/mol. The Morgan fingerprint density at radius 3 is 2.44 bits per heavy atom. The molecule has 1 saturated carbocycles. The van der Waals surface area contributed by atoms with Crippen molar-refractivity contribution in [1.29, 1.82) is 0 Å². The van der Waals surface area contributed by atoms with Crippen LogP contribution in [0.4, 0.5) is 17.8 Å². The fourth-order valence-corrected chi connectivity index (χ4v) is 2.35. The summed E-state index contributed by atoms with van der Waals surface area (Å²) in [6.07, 6.45) is 4.93. The van der Waals surface area contributed by atoms with Gasteiger partial charge in [0, 0.05) is 19.1 Å². The normalized spacial score (nSPS) is 15.9. The van der Waals surface area contributed by atoms with Crippen LogP contribution in [0.3, 0.4) is 0 Å². The zero-order valence-corrected chi connectivity index (χ0v) is 11.2. The summed E-state index contributed by atoms with van der Waals surface area (Å²) in [6.45, 7) is 5.88. The van der Waals surface area contributed by atoms with E-state index in [1.807, 2.05) is 0 Å². The molecule has 0 saturated heterocycles. The van der Waals surface area contributed by atoms with Crippen LogP contribution in [0.15, 0.2) is 0 Å². The van der Waals surface area contributed by atoms with Crippen molar-refractivity contribution in [3.63, 3.8) is 0 Å². The molecular formula is C12H22N6. The van der Waals surface area contributed by atoms with Crippen molar-refractivity contribution in [3.05, 3.63) is 0 Å². The van der Waals surface area contributed by atoms with Gasteiger partial charge in [0.05, 0.1) is 0 Å². The van der Waals surface area contributed by atoms with Crippen LogP contribution in [-0.4, -0.2) is 34.1 Å². The molecule has 0 aromatic carbocycles. The summed E-state index contributed by atoms with van der Waals surface area (Å²) >= 11 is 0. The predicted molar refractivity (Wildman–Crippen MR) is 73.7 cm³/mol. The van der Waals surface area contributed by atoms with Gasteiger partial charge < -0.3 is 16.0 Å². The molecule has 0 bridgehead atoms. The van der Waals surface area contributed by atoms with Crippen LogP contribution in [0.25, 0.3) is 0 Å². The molecule has 6 nitrogen and oxygen atoms in total. The summed E-state index contributed by atoms with van der Waals surface area (Å²) in [4.78, 5) is 14.9. The summed E-state index contributed by atoms with van der Waals surface area (Å²) in [5.74, 6) is 1.55. The Labute approximate surface area is 108 Å². The van der Waals surface area contributed by atoms with E-state index >= 15 is 0 Å². The number of rotatable bonds is 5. The van der Waals surface area contributed by atoms with Gasteiger partial charge in [0.25, 0.3) is 0 Å². The van der Waals surface area contributed by atoms with E-state index in [-0.39, 0.29) is 5.95 Å². The van der Waals surface area contributed by atoms with Crippen LogP contribution in [0.1, 0.15) is 39.5 Å². The van der Waals surface area contributed by atoms with E-state index < -0.39 is 0 Å². The number of aromatic nitrogens is 3. The summed E-state index contributed by atoms with van der Waals surface area (Å²) in [7, 11) is 0. The maximum absolute atomic E-state index is 5.75. The molecule has 0 spiro atoms. The SMILES string of the molecule is CCN(CC)c1nc(N)nc(NC2CCCC2)n1. The Morgan fingerprint density at radius 1 is 1.17 bits per heavy atom. The highest BCUT2D eigenvalue weighted by molar-refractivity contribution is 5.42. The third kappa shape index (κ3) is 3.00. The predicted octanol–water partition coefficient (Wildman–Crippen LogP) is 1.65. The largest absolute Gasteiger partial charge is 0.368 e. The number of nitrogens with two attached hydrogens (primary N) is 1. The van der Waals surface area contributed by atoms with E-state index in [1.54, 1.807) is 0 Å². The number of anilines is 3. The van der Waals surface area contributed by atoms with Gasteiger partial charge in [-0.1, -0.05) is 12.8 Å². The molecule has 1 aliphatic carbocycles. The highest BCUT2D eigenvalue weighted by Crippen LogP contribution is 2.21. The van der Waals surface area contributed by atoms with Gasteiger partial charge in [0.2, 0.25) is 17.8 Å². The molecule has 0 atom stereocenters. The first-order valence-corrected chi connectivity index (χ1v) is 6.76. The lowest BCUT2D eigenvalue weighted by Crippen LogP contribution is -2.26. The molecule has 2 rings (SSSR count). The van der Waals surface area contributed by atoms with Crippen LogP contribution in [0.2, 0.25) is 0 Å². The maximum atomic E-state index is 5.75. The third-order valence-corrected chi connectivity index (χ3v) is 3.38. The van der Waals surface area contributed by atoms with Crippen molar-refractivity contribution >= 4 is 17.8 Å². The van der Waals surface area contributed by atoms with E-state index in [0.717, 1.165) is 13.1 Å². The first-order valence-electron chi connectivity index (χ1n) is 6.76. The van der Waals surface area contributed by atoms with Gasteiger partial charge in [0.1, 0.15) is 0 Å². The molecule has 100 valence electrons. The molecule has 0 unspecified atom stereocenters. The van der Waals surface area contributed by atoms with Gasteiger partial charge in [-0.05, 0) is 26.7 Å². The molecule has 1 aliphatic rings. The van der Waals surface area contributed by atoms with Crippen LogP contribution in [0.5, 0.6) is 0 Å². The number of nitrogen functional groups attached to an aromatic ring is 1. The van der Waals surface area contributed by atoms with Crippen molar-refractivity contribution in [2.45, 2.75) is 45.6 Å². The molecule has 1 aromatic rings. The van der Waals surface area contributed by atoms with E-state index in [9.17, 15) is 0 Å². The summed E-state index contributed by atoms with van der Waals surface area (Å²) in [6, 6.07) is 0.483. The van der Waals surface area contributed by atoms with Crippen LogP contribution in [-0.2, 0) is 0 Å². The van der Waals surface area contributed by atoms with E-state index in [2.05, 4.69) is 39.0 Å². The minimum absolute atomic E-state index is 0.285. The molecule has 3 N–H and O–H groups in total. The maximum Gasteiger partial charge on any atom is 0.231 e. The van der Waals surface area contributed by atoms with Crippen LogP contribution in [0, 0.1) is 0 Å². The molecule has 1 fully saturated rings. The van der Waals surface area contributed by atoms with Crippen molar-refractivity contribution < 1.29 is 0 Å². The van der Waals surface area contributed by atoms with E-state index in [0.29, 0.717) is 17.9 Å². The smallest absolute Gasteiger partial charge is 0.231 e. The van der Waals surface area contributed by atoms with Gasteiger partial charge in [-0.15, -0.1) is 0 Å². The lowest BCUT2D eigenvalue weighted by atomic mass is 10.3. The van der Waals surface area contributed by atoms with Crippen LogP contribution >= 0.6 is 0 Å². The summed E-state index contributed by atoms with van der Waals surface area (Å²) in [5, 5.41) is 3.36. The van der Waals surface area contributed by atoms with Gasteiger partial charge in [0.15, 0.2) is 0 Å². The molecule has 1 aromatic heterocycles. The van der Waals surface area contributed by atoms with E-state index in [1.165, 1.54) is 25.7 Å².